The van der Waals surface area contributed by atoms with Gasteiger partial charge < -0.3 is 25.0 Å². The first-order chi connectivity index (χ1) is 18.0. The average molecular weight is 507 g/mol. The van der Waals surface area contributed by atoms with E-state index in [-0.39, 0.29) is 18.0 Å². The second-order valence-corrected chi connectivity index (χ2v) is 10.5. The predicted octanol–water partition coefficient (Wildman–Crippen LogP) is 4.38. The third kappa shape index (κ3) is 6.25. The Morgan fingerprint density at radius 3 is 2.46 bits per heavy atom. The smallest absolute Gasteiger partial charge is 0.411 e. The molecule has 2 amide bonds. The number of nitrogens with two attached hydrogens (primary N) is 1. The van der Waals surface area contributed by atoms with Gasteiger partial charge in [0.25, 0.3) is 0 Å². The second-order valence-electron chi connectivity index (χ2n) is 10.5. The lowest BCUT2D eigenvalue weighted by atomic mass is 9.90. The van der Waals surface area contributed by atoms with Gasteiger partial charge in [-0.2, -0.15) is 0 Å². The van der Waals surface area contributed by atoms with Crippen LogP contribution in [0.2, 0.25) is 0 Å². The van der Waals surface area contributed by atoms with E-state index in [1.807, 2.05) is 18.2 Å². The van der Waals surface area contributed by atoms with Gasteiger partial charge in [0.05, 0.1) is 31.7 Å². The summed E-state index contributed by atoms with van der Waals surface area (Å²) in [4.78, 5) is 29.7. The van der Waals surface area contributed by atoms with Crippen molar-refractivity contribution in [1.82, 2.24) is 4.90 Å². The molecule has 3 N–H and O–H groups in total. The fourth-order valence-electron chi connectivity index (χ4n) is 5.47. The molecule has 0 radical (unpaired) electrons. The van der Waals surface area contributed by atoms with Crippen molar-refractivity contribution in [3.63, 3.8) is 0 Å². The molecule has 2 aromatic rings. The Hall–Kier alpha value is -3.10. The van der Waals surface area contributed by atoms with Crippen LogP contribution in [-0.2, 0) is 20.8 Å². The highest BCUT2D eigenvalue weighted by molar-refractivity contribution is 5.91. The molecule has 198 valence electrons. The summed E-state index contributed by atoms with van der Waals surface area (Å²) in [5, 5.41) is 2.89. The zero-order valence-corrected chi connectivity index (χ0v) is 21.7. The van der Waals surface area contributed by atoms with Crippen molar-refractivity contribution in [2.24, 2.45) is 11.7 Å². The van der Waals surface area contributed by atoms with Gasteiger partial charge in [-0.3, -0.25) is 10.1 Å². The van der Waals surface area contributed by atoms with E-state index in [4.69, 9.17) is 15.2 Å². The van der Waals surface area contributed by atoms with Crippen LogP contribution < -0.4 is 16.0 Å². The normalized spacial score (nSPS) is 21.8. The number of carbonyl (C=O) groups excluding carboxylic acids is 2. The van der Waals surface area contributed by atoms with Crippen LogP contribution in [0, 0.1) is 5.92 Å². The maximum atomic E-state index is 13.2. The predicted molar refractivity (Wildman–Crippen MR) is 144 cm³/mol. The first-order valence-corrected chi connectivity index (χ1v) is 13.5. The van der Waals surface area contributed by atoms with Gasteiger partial charge in [0, 0.05) is 37.6 Å². The number of benzene rings is 2. The van der Waals surface area contributed by atoms with E-state index in [2.05, 4.69) is 39.4 Å². The first-order valence-electron chi connectivity index (χ1n) is 13.5. The van der Waals surface area contributed by atoms with Crippen molar-refractivity contribution >= 4 is 23.4 Å². The summed E-state index contributed by atoms with van der Waals surface area (Å²) >= 11 is 0. The molecule has 2 aliphatic carbocycles. The molecule has 8 nitrogen and oxygen atoms in total. The van der Waals surface area contributed by atoms with Gasteiger partial charge in [-0.25, -0.2) is 4.79 Å². The Kier molecular flexibility index (Phi) is 7.96. The summed E-state index contributed by atoms with van der Waals surface area (Å²) in [5.74, 6) is 0.490. The molecule has 37 heavy (non-hydrogen) atoms. The molecule has 0 aromatic heterocycles. The maximum Gasteiger partial charge on any atom is 0.411 e. The van der Waals surface area contributed by atoms with E-state index in [9.17, 15) is 9.59 Å². The van der Waals surface area contributed by atoms with E-state index in [0.29, 0.717) is 31.4 Å². The summed E-state index contributed by atoms with van der Waals surface area (Å²) in [6.45, 7) is 3.46. The third-order valence-electron chi connectivity index (χ3n) is 7.78. The van der Waals surface area contributed by atoms with Crippen molar-refractivity contribution in [2.75, 3.05) is 43.6 Å². The van der Waals surface area contributed by atoms with Crippen molar-refractivity contribution in [2.45, 2.75) is 57.2 Å². The fraction of sp³-hybridized carbons (Fsp3) is 0.517. The van der Waals surface area contributed by atoms with Crippen LogP contribution in [0.3, 0.4) is 0 Å². The van der Waals surface area contributed by atoms with Crippen LogP contribution in [0.5, 0.6) is 0 Å². The van der Waals surface area contributed by atoms with Gasteiger partial charge in [0.15, 0.2) is 0 Å². The van der Waals surface area contributed by atoms with Crippen molar-refractivity contribution < 1.29 is 19.1 Å². The van der Waals surface area contributed by atoms with Crippen LogP contribution in [0.4, 0.5) is 16.2 Å². The molecule has 0 bridgehead atoms. The highest BCUT2D eigenvalue weighted by atomic mass is 16.5. The Morgan fingerprint density at radius 2 is 1.76 bits per heavy atom. The van der Waals surface area contributed by atoms with Crippen molar-refractivity contribution in [3.8, 4) is 11.1 Å². The molecule has 1 saturated heterocycles. The largest absolute Gasteiger partial charge is 0.453 e. The van der Waals surface area contributed by atoms with Crippen LogP contribution in [0.15, 0.2) is 42.5 Å². The van der Waals surface area contributed by atoms with Crippen LogP contribution >= 0.6 is 0 Å². The van der Waals surface area contributed by atoms with Crippen molar-refractivity contribution in [1.29, 1.82) is 0 Å². The molecule has 0 atom stereocenters. The van der Waals surface area contributed by atoms with Gasteiger partial charge in [0.1, 0.15) is 0 Å². The summed E-state index contributed by atoms with van der Waals surface area (Å²) < 4.78 is 10.4. The number of hydrogen-bond donors (Lipinski definition) is 2. The third-order valence-corrected chi connectivity index (χ3v) is 7.78. The molecule has 0 spiro atoms. The molecule has 1 heterocycles. The van der Waals surface area contributed by atoms with Gasteiger partial charge >= 0.3 is 6.09 Å². The summed E-state index contributed by atoms with van der Waals surface area (Å²) in [6.07, 6.45) is 5.42. The minimum absolute atomic E-state index is 0.193. The number of methoxy groups -OCH3 is 1. The van der Waals surface area contributed by atoms with Crippen LogP contribution in [-0.4, -0.2) is 62.4 Å². The number of nitrogens with zero attached hydrogens (tertiary/aromatic N) is 2. The standard InChI is InChI=1S/C29H38N4O4/c1-36-29(35)31-26-18-23(7-12-27(26)32-13-15-37-16-14-32)22-4-2-3-20(17-22)19-33(28(34)21-5-6-21)25-10-8-24(30)9-11-25/h2-4,7,12,17-18,21,24-25H,5-6,8-11,13-16,19,30H2,1H3,(H,31,35). The number of carbonyl (C=O) groups is 2. The molecule has 1 aliphatic heterocycles. The maximum absolute atomic E-state index is 13.2. The number of rotatable bonds is 7. The Balaban J connectivity index is 1.39. The number of anilines is 2. The van der Waals surface area contributed by atoms with Gasteiger partial charge in [-0.1, -0.05) is 24.3 Å². The fourth-order valence-corrected chi connectivity index (χ4v) is 5.47. The van der Waals surface area contributed by atoms with E-state index < -0.39 is 6.09 Å². The summed E-state index contributed by atoms with van der Waals surface area (Å²) in [5.41, 5.74) is 11.0. The summed E-state index contributed by atoms with van der Waals surface area (Å²) in [6, 6.07) is 15.0. The van der Waals surface area contributed by atoms with E-state index in [0.717, 1.165) is 74.0 Å². The number of morpholine rings is 1. The molecular formula is C29H38N4O4. The Morgan fingerprint density at radius 1 is 1.03 bits per heavy atom. The Bertz CT molecular complexity index is 1100. The zero-order valence-electron chi connectivity index (χ0n) is 21.7. The minimum Gasteiger partial charge on any atom is -0.453 e. The monoisotopic (exact) mass is 506 g/mol. The van der Waals surface area contributed by atoms with E-state index in [1.165, 1.54) is 7.11 Å². The average Bonchev–Trinajstić information content (AvgIpc) is 3.78. The van der Waals surface area contributed by atoms with Crippen molar-refractivity contribution in [3.05, 3.63) is 48.0 Å². The molecule has 3 fully saturated rings. The molecule has 2 saturated carbocycles. The van der Waals surface area contributed by atoms with Gasteiger partial charge in [0.2, 0.25) is 5.91 Å². The van der Waals surface area contributed by atoms with E-state index in [1.54, 1.807) is 0 Å². The lowest BCUT2D eigenvalue weighted by molar-refractivity contribution is -0.136. The molecule has 2 aromatic carbocycles. The molecule has 3 aliphatic rings. The first kappa shape index (κ1) is 25.5. The minimum atomic E-state index is -0.498. The second kappa shape index (κ2) is 11.5. The number of ether oxygens (including phenoxy) is 2. The lowest BCUT2D eigenvalue weighted by Gasteiger charge is -2.36. The van der Waals surface area contributed by atoms with E-state index >= 15 is 0 Å². The molecular weight excluding hydrogens is 468 g/mol. The Labute approximate surface area is 219 Å². The van der Waals surface area contributed by atoms with Crippen LogP contribution in [0.25, 0.3) is 11.1 Å². The van der Waals surface area contributed by atoms with Gasteiger partial charge in [-0.05, 0) is 73.4 Å². The van der Waals surface area contributed by atoms with Gasteiger partial charge in [-0.15, -0.1) is 0 Å². The molecule has 8 heteroatoms. The molecule has 0 unspecified atom stereocenters. The SMILES string of the molecule is COC(=O)Nc1cc(-c2cccc(CN(C(=O)C3CC3)C3CCC(N)CC3)c2)ccc1N1CCOCC1. The number of hydrogen-bond acceptors (Lipinski definition) is 6. The summed E-state index contributed by atoms with van der Waals surface area (Å²) in [7, 11) is 1.37. The topological polar surface area (TPSA) is 97.1 Å². The van der Waals surface area contributed by atoms with Crippen LogP contribution in [0.1, 0.15) is 44.1 Å². The highest BCUT2D eigenvalue weighted by Crippen LogP contribution is 2.36. The lowest BCUT2D eigenvalue weighted by Crippen LogP contribution is -2.44. The highest BCUT2D eigenvalue weighted by Gasteiger charge is 2.37. The zero-order chi connectivity index (χ0) is 25.8. The quantitative estimate of drug-likeness (QED) is 0.579. The molecule has 5 rings (SSSR count). The number of nitrogens with one attached hydrogen (secondary N) is 1. The number of amides is 2.